The lowest BCUT2D eigenvalue weighted by atomic mass is 9.90. The zero-order valence-corrected chi connectivity index (χ0v) is 15.6. The van der Waals surface area contributed by atoms with Gasteiger partial charge in [0.25, 0.3) is 0 Å². The normalized spacial score (nSPS) is 32.2. The molecule has 3 aliphatic rings. The Morgan fingerprint density at radius 1 is 1.11 bits per heavy atom. The molecule has 0 bridgehead atoms. The van der Waals surface area contributed by atoms with Crippen LogP contribution in [-0.4, -0.2) is 20.7 Å². The Labute approximate surface area is 144 Å². The highest BCUT2D eigenvalue weighted by Gasteiger charge is 2.50. The van der Waals surface area contributed by atoms with Crippen molar-refractivity contribution in [3.63, 3.8) is 0 Å². The second kappa shape index (κ2) is 6.75. The highest BCUT2D eigenvalue weighted by Crippen LogP contribution is 2.52. The van der Waals surface area contributed by atoms with Gasteiger partial charge in [0.05, 0.1) is 6.54 Å². The molecule has 0 amide bonds. The van der Waals surface area contributed by atoms with Gasteiger partial charge in [-0.05, 0) is 39.0 Å². The van der Waals surface area contributed by atoms with Gasteiger partial charge in [-0.25, -0.2) is 3.89 Å². The van der Waals surface area contributed by atoms with E-state index in [0.29, 0.717) is 0 Å². The largest absolute Gasteiger partial charge is 1.00 e. The highest BCUT2D eigenvalue weighted by atomic mass is 127. The number of rotatable bonds is 2. The molecule has 0 aromatic rings. The van der Waals surface area contributed by atoms with Crippen LogP contribution < -0.4 is 24.0 Å². The molecule has 1 nitrogen and oxygen atoms in total. The van der Waals surface area contributed by atoms with Crippen LogP contribution in [0.15, 0.2) is 11.3 Å². The minimum absolute atomic E-state index is 0. The fourth-order valence-electron chi connectivity index (χ4n) is 4.09. The maximum Gasteiger partial charge on any atom is 0.138 e. The van der Waals surface area contributed by atoms with Crippen molar-refractivity contribution in [1.82, 2.24) is 0 Å². The van der Waals surface area contributed by atoms with Crippen molar-refractivity contribution >= 4 is 28.4 Å². The molecular weight excluding hydrogens is 385 g/mol. The Balaban J connectivity index is 0.00000133. The molecule has 0 aromatic heterocycles. The molecule has 0 spiro atoms. The smallest absolute Gasteiger partial charge is 0.138 e. The first-order valence-corrected chi connectivity index (χ1v) is 8.80. The van der Waals surface area contributed by atoms with Gasteiger partial charge < -0.3 is 24.0 Å². The molecule has 1 aliphatic heterocycles. The van der Waals surface area contributed by atoms with Gasteiger partial charge in [-0.2, -0.15) is 0 Å². The number of nitrogens with zero attached hydrogens (tertiary/aromatic N) is 1. The van der Waals surface area contributed by atoms with E-state index in [1.807, 2.05) is 11.9 Å². The summed E-state index contributed by atoms with van der Waals surface area (Å²) < 4.78 is 2.42. The second-order valence-electron chi connectivity index (χ2n) is 5.91. The second-order valence-corrected chi connectivity index (χ2v) is 7.82. The van der Waals surface area contributed by atoms with E-state index < -0.39 is 0 Å². The molecule has 1 heterocycles. The zero-order valence-electron chi connectivity index (χ0n) is 11.8. The van der Waals surface area contributed by atoms with Crippen molar-refractivity contribution in [3.05, 3.63) is 11.3 Å². The Morgan fingerprint density at radius 2 is 1.79 bits per heavy atom. The lowest BCUT2D eigenvalue weighted by Crippen LogP contribution is -3.00. The summed E-state index contributed by atoms with van der Waals surface area (Å²) in [7, 11) is 0. The SMILES string of the molecule is CC[N+]1(C2CCCCC2)SC(=S)C2=C1CCCC2.[I-]. The molecule has 0 N–H and O–H groups in total. The summed E-state index contributed by atoms with van der Waals surface area (Å²) in [5.41, 5.74) is 3.30. The number of allylic oxidation sites excluding steroid dienone is 1. The molecule has 4 heteroatoms. The van der Waals surface area contributed by atoms with Gasteiger partial charge in [0.1, 0.15) is 27.9 Å². The van der Waals surface area contributed by atoms with Crippen LogP contribution in [0.1, 0.15) is 64.7 Å². The highest BCUT2D eigenvalue weighted by molar-refractivity contribution is 8.20. The predicted molar refractivity (Wildman–Crippen MR) is 83.4 cm³/mol. The van der Waals surface area contributed by atoms with Gasteiger partial charge in [-0.3, -0.25) is 0 Å². The standard InChI is InChI=1S/C15H24NS2.HI/c1-2-16(12-8-4-3-5-9-12)14-11-7-6-10-13(14)15(17)18-16;/h12H,2-11H2,1H3;1H/q+1;/p-1. The summed E-state index contributed by atoms with van der Waals surface area (Å²) in [6.07, 6.45) is 12.5. The van der Waals surface area contributed by atoms with Crippen LogP contribution in [-0.2, 0) is 0 Å². The molecule has 19 heavy (non-hydrogen) atoms. The first-order chi connectivity index (χ1) is 8.78. The van der Waals surface area contributed by atoms with Crippen LogP contribution in [0.3, 0.4) is 0 Å². The fourth-order valence-corrected chi connectivity index (χ4v) is 6.14. The van der Waals surface area contributed by atoms with E-state index in [1.165, 1.54) is 72.4 Å². The van der Waals surface area contributed by atoms with Crippen LogP contribution in [0.4, 0.5) is 0 Å². The molecule has 3 rings (SSSR count). The molecular formula is C15H24INS2. The van der Waals surface area contributed by atoms with E-state index >= 15 is 0 Å². The third-order valence-electron chi connectivity index (χ3n) is 5.02. The van der Waals surface area contributed by atoms with Crippen LogP contribution in [0, 0.1) is 0 Å². The Hall–Kier alpha value is 0.870. The number of quaternary nitrogens is 1. The molecule has 0 saturated heterocycles. The zero-order chi connectivity index (χ0) is 12.6. The molecule has 1 atom stereocenters. The molecule has 108 valence electrons. The first-order valence-electron chi connectivity index (χ1n) is 7.62. The van der Waals surface area contributed by atoms with E-state index in [0.717, 1.165) is 6.04 Å². The molecule has 1 saturated carbocycles. The van der Waals surface area contributed by atoms with Crippen LogP contribution in [0.25, 0.3) is 0 Å². The lowest BCUT2D eigenvalue weighted by Gasteiger charge is -2.42. The molecule has 1 fully saturated rings. The number of halogens is 1. The summed E-state index contributed by atoms with van der Waals surface area (Å²) in [6, 6.07) is 0.845. The van der Waals surface area contributed by atoms with E-state index in [1.54, 1.807) is 11.3 Å². The topological polar surface area (TPSA) is 0 Å². The molecule has 0 radical (unpaired) electrons. The van der Waals surface area contributed by atoms with E-state index in [-0.39, 0.29) is 24.0 Å². The van der Waals surface area contributed by atoms with Crippen LogP contribution >= 0.6 is 24.2 Å². The van der Waals surface area contributed by atoms with Crippen molar-refractivity contribution in [1.29, 1.82) is 0 Å². The van der Waals surface area contributed by atoms with Crippen molar-refractivity contribution in [2.75, 3.05) is 6.54 Å². The fraction of sp³-hybridized carbons (Fsp3) is 0.800. The number of thiocarbonyl (C=S) groups is 1. The van der Waals surface area contributed by atoms with Gasteiger partial charge >= 0.3 is 0 Å². The van der Waals surface area contributed by atoms with Crippen LogP contribution in [0.2, 0.25) is 0 Å². The number of hydrogen-bond acceptors (Lipinski definition) is 2. The van der Waals surface area contributed by atoms with Crippen molar-refractivity contribution in [3.8, 4) is 0 Å². The van der Waals surface area contributed by atoms with E-state index in [2.05, 4.69) is 6.92 Å². The lowest BCUT2D eigenvalue weighted by molar-refractivity contribution is -0.783. The molecule has 1 unspecified atom stereocenters. The van der Waals surface area contributed by atoms with Gasteiger partial charge in [0, 0.05) is 24.8 Å². The van der Waals surface area contributed by atoms with E-state index in [4.69, 9.17) is 12.2 Å². The van der Waals surface area contributed by atoms with Gasteiger partial charge in [0.2, 0.25) is 0 Å². The van der Waals surface area contributed by atoms with Crippen molar-refractivity contribution in [2.45, 2.75) is 70.8 Å². The number of hydrogen-bond donors (Lipinski definition) is 0. The summed E-state index contributed by atoms with van der Waals surface area (Å²) in [4.78, 5) is 0. The third kappa shape index (κ3) is 2.79. The maximum absolute atomic E-state index is 5.69. The van der Waals surface area contributed by atoms with E-state index in [9.17, 15) is 0 Å². The Morgan fingerprint density at radius 3 is 2.47 bits per heavy atom. The summed E-state index contributed by atoms with van der Waals surface area (Å²) in [5, 5.41) is 0. The molecule has 0 aromatic carbocycles. The first kappa shape index (κ1) is 16.2. The minimum Gasteiger partial charge on any atom is -1.00 e. The summed E-state index contributed by atoms with van der Waals surface area (Å²) in [5.74, 6) is 0. The molecule has 2 aliphatic carbocycles. The average Bonchev–Trinajstić information content (AvgIpc) is 2.74. The van der Waals surface area contributed by atoms with Gasteiger partial charge in [0.15, 0.2) is 0 Å². The third-order valence-corrected chi connectivity index (χ3v) is 7.01. The van der Waals surface area contributed by atoms with Crippen molar-refractivity contribution in [2.24, 2.45) is 0 Å². The summed E-state index contributed by atoms with van der Waals surface area (Å²) in [6.45, 7) is 3.60. The van der Waals surface area contributed by atoms with Crippen LogP contribution in [0.5, 0.6) is 0 Å². The minimum atomic E-state index is 0. The van der Waals surface area contributed by atoms with Gasteiger partial charge in [-0.15, -0.1) is 0 Å². The maximum atomic E-state index is 5.69. The summed E-state index contributed by atoms with van der Waals surface area (Å²) >= 11 is 7.71. The Bertz CT molecular complexity index is 388. The Kier molecular flexibility index (Phi) is 5.77. The quantitative estimate of drug-likeness (QED) is 0.296. The van der Waals surface area contributed by atoms with Crippen molar-refractivity contribution < 1.29 is 27.9 Å². The van der Waals surface area contributed by atoms with Gasteiger partial charge in [-0.1, -0.05) is 18.6 Å². The monoisotopic (exact) mass is 409 g/mol. The predicted octanol–water partition coefficient (Wildman–Crippen LogP) is 1.98. The average molecular weight is 409 g/mol.